The van der Waals surface area contributed by atoms with E-state index in [0.29, 0.717) is 26.2 Å². The fourth-order valence-corrected chi connectivity index (χ4v) is 2.46. The lowest BCUT2D eigenvalue weighted by molar-refractivity contribution is 0.0743. The average Bonchev–Trinajstić information content (AvgIpc) is 2.55. The van der Waals surface area contributed by atoms with Crippen LogP contribution in [0.3, 0.4) is 0 Å². The number of carbonyl (C=O) groups excluding carboxylic acids is 1. The maximum absolute atomic E-state index is 12.4. The summed E-state index contributed by atoms with van der Waals surface area (Å²) < 4.78 is 0. The zero-order valence-corrected chi connectivity index (χ0v) is 11.9. The molecule has 2 N–H and O–H groups in total. The number of anilines is 1. The van der Waals surface area contributed by atoms with Gasteiger partial charge in [0.2, 0.25) is 0 Å². The Kier molecular flexibility index (Phi) is 3.78. The van der Waals surface area contributed by atoms with Gasteiger partial charge in [-0.25, -0.2) is 4.98 Å². The van der Waals surface area contributed by atoms with E-state index in [2.05, 4.69) is 14.9 Å². The molecule has 1 aromatic carbocycles. The number of benzene rings is 1. The highest BCUT2D eigenvalue weighted by molar-refractivity contribution is 5.97. The lowest BCUT2D eigenvalue weighted by Gasteiger charge is -2.35. The van der Waals surface area contributed by atoms with E-state index >= 15 is 0 Å². The number of hydrogen-bond acceptors (Lipinski definition) is 6. The lowest BCUT2D eigenvalue weighted by Crippen LogP contribution is -2.49. The highest BCUT2D eigenvalue weighted by Gasteiger charge is 2.24. The minimum atomic E-state index is -0.240. The summed E-state index contributed by atoms with van der Waals surface area (Å²) in [7, 11) is 0. The number of aromatic hydroxyl groups is 2. The largest absolute Gasteiger partial charge is 0.508 e. The van der Waals surface area contributed by atoms with Crippen molar-refractivity contribution in [3.63, 3.8) is 0 Å². The normalized spacial score (nSPS) is 14.9. The molecular formula is C15H16N4O3. The zero-order valence-electron chi connectivity index (χ0n) is 11.9. The molecule has 1 amide bonds. The Bertz CT molecular complexity index is 670. The number of aromatic nitrogens is 2. The summed E-state index contributed by atoms with van der Waals surface area (Å²) in [5.74, 6) is 0.279. The van der Waals surface area contributed by atoms with Crippen LogP contribution in [0.1, 0.15) is 10.4 Å². The maximum Gasteiger partial charge on any atom is 0.257 e. The summed E-state index contributed by atoms with van der Waals surface area (Å²) in [5.41, 5.74) is 0.200. The van der Waals surface area contributed by atoms with Crippen molar-refractivity contribution >= 4 is 11.7 Å². The van der Waals surface area contributed by atoms with Crippen LogP contribution in [0, 0.1) is 0 Å². The first-order valence-corrected chi connectivity index (χ1v) is 6.97. The third-order valence-corrected chi connectivity index (χ3v) is 3.65. The van der Waals surface area contributed by atoms with Gasteiger partial charge in [-0.05, 0) is 12.1 Å². The molecule has 2 heterocycles. The molecule has 0 bridgehead atoms. The van der Waals surface area contributed by atoms with Gasteiger partial charge in [-0.2, -0.15) is 0 Å². The fraction of sp³-hybridized carbons (Fsp3) is 0.267. The Morgan fingerprint density at radius 1 is 1.09 bits per heavy atom. The zero-order chi connectivity index (χ0) is 15.5. The van der Waals surface area contributed by atoms with Gasteiger partial charge in [0.1, 0.15) is 17.3 Å². The average molecular weight is 300 g/mol. The Morgan fingerprint density at radius 2 is 1.86 bits per heavy atom. The summed E-state index contributed by atoms with van der Waals surface area (Å²) in [6.45, 7) is 2.39. The standard InChI is InChI=1S/C15H16N4O3/c20-11-1-2-12(13(21)9-11)15(22)19-7-5-18(6-8-19)14-10-16-3-4-17-14/h1-4,9-10,20-21H,5-8H2. The molecule has 0 aliphatic carbocycles. The molecule has 1 aromatic heterocycles. The van der Waals surface area contributed by atoms with Gasteiger partial charge in [0.05, 0.1) is 11.8 Å². The highest BCUT2D eigenvalue weighted by atomic mass is 16.3. The molecule has 0 spiro atoms. The van der Waals surface area contributed by atoms with E-state index in [1.54, 1.807) is 23.5 Å². The number of phenolic OH excluding ortho intramolecular Hbond substituents is 2. The van der Waals surface area contributed by atoms with Gasteiger partial charge in [-0.3, -0.25) is 9.78 Å². The van der Waals surface area contributed by atoms with E-state index in [1.165, 1.54) is 18.2 Å². The number of carbonyl (C=O) groups is 1. The van der Waals surface area contributed by atoms with Crippen molar-refractivity contribution in [2.75, 3.05) is 31.1 Å². The van der Waals surface area contributed by atoms with Crippen LogP contribution in [0.2, 0.25) is 0 Å². The third kappa shape index (κ3) is 2.78. The molecule has 0 unspecified atom stereocenters. The minimum Gasteiger partial charge on any atom is -0.508 e. The molecule has 2 aromatic rings. The minimum absolute atomic E-state index is 0.0680. The second-order valence-corrected chi connectivity index (χ2v) is 5.04. The van der Waals surface area contributed by atoms with Crippen molar-refractivity contribution in [3.05, 3.63) is 42.4 Å². The number of piperazine rings is 1. The molecule has 22 heavy (non-hydrogen) atoms. The van der Waals surface area contributed by atoms with Gasteiger partial charge in [-0.1, -0.05) is 0 Å². The Hall–Kier alpha value is -2.83. The van der Waals surface area contributed by atoms with Crippen LogP contribution >= 0.6 is 0 Å². The molecule has 3 rings (SSSR count). The summed E-state index contributed by atoms with van der Waals surface area (Å²) in [6, 6.07) is 3.99. The number of amides is 1. The third-order valence-electron chi connectivity index (χ3n) is 3.65. The molecule has 1 aliphatic rings. The second kappa shape index (κ2) is 5.88. The van der Waals surface area contributed by atoms with Crippen LogP contribution in [-0.4, -0.2) is 57.2 Å². The van der Waals surface area contributed by atoms with Gasteiger partial charge in [0, 0.05) is 44.6 Å². The predicted molar refractivity (Wildman–Crippen MR) is 79.9 cm³/mol. The smallest absolute Gasteiger partial charge is 0.257 e. The van der Waals surface area contributed by atoms with Gasteiger partial charge >= 0.3 is 0 Å². The van der Waals surface area contributed by atoms with Crippen molar-refractivity contribution in [1.82, 2.24) is 14.9 Å². The van der Waals surface area contributed by atoms with E-state index in [9.17, 15) is 15.0 Å². The van der Waals surface area contributed by atoms with Gasteiger partial charge in [-0.15, -0.1) is 0 Å². The fourth-order valence-electron chi connectivity index (χ4n) is 2.46. The first-order chi connectivity index (χ1) is 10.6. The van der Waals surface area contributed by atoms with Crippen LogP contribution < -0.4 is 4.90 Å². The molecular weight excluding hydrogens is 284 g/mol. The molecule has 7 nitrogen and oxygen atoms in total. The van der Waals surface area contributed by atoms with E-state index < -0.39 is 0 Å². The van der Waals surface area contributed by atoms with Crippen LogP contribution in [0.4, 0.5) is 5.82 Å². The predicted octanol–water partition coefficient (Wildman–Crippen LogP) is 0.850. The molecule has 7 heteroatoms. The lowest BCUT2D eigenvalue weighted by atomic mass is 10.1. The monoisotopic (exact) mass is 300 g/mol. The van der Waals surface area contributed by atoms with Crippen molar-refractivity contribution in [2.24, 2.45) is 0 Å². The summed E-state index contributed by atoms with van der Waals surface area (Å²) in [4.78, 5) is 24.4. The Labute approximate surface area is 127 Å². The topological polar surface area (TPSA) is 89.8 Å². The summed E-state index contributed by atoms with van der Waals surface area (Å²) >= 11 is 0. The molecule has 1 aliphatic heterocycles. The van der Waals surface area contributed by atoms with Crippen LogP contribution in [0.5, 0.6) is 11.5 Å². The maximum atomic E-state index is 12.4. The molecule has 0 atom stereocenters. The number of phenols is 2. The number of rotatable bonds is 2. The second-order valence-electron chi connectivity index (χ2n) is 5.04. The van der Waals surface area contributed by atoms with E-state index in [1.807, 2.05) is 0 Å². The van der Waals surface area contributed by atoms with Gasteiger partial charge < -0.3 is 20.0 Å². The first-order valence-electron chi connectivity index (χ1n) is 6.97. The van der Waals surface area contributed by atoms with Crippen molar-refractivity contribution in [3.8, 4) is 11.5 Å². The molecule has 0 radical (unpaired) electrons. The highest BCUT2D eigenvalue weighted by Crippen LogP contribution is 2.24. The van der Waals surface area contributed by atoms with Crippen LogP contribution in [-0.2, 0) is 0 Å². The number of hydrogen-bond donors (Lipinski definition) is 2. The van der Waals surface area contributed by atoms with Crippen molar-refractivity contribution < 1.29 is 15.0 Å². The summed E-state index contributed by atoms with van der Waals surface area (Å²) in [5, 5.41) is 19.1. The molecule has 0 saturated carbocycles. The molecule has 1 saturated heterocycles. The molecule has 114 valence electrons. The summed E-state index contributed by atoms with van der Waals surface area (Å²) in [6.07, 6.45) is 4.96. The van der Waals surface area contributed by atoms with Crippen molar-refractivity contribution in [1.29, 1.82) is 0 Å². The SMILES string of the molecule is O=C(c1ccc(O)cc1O)N1CCN(c2cnccn2)CC1. The van der Waals surface area contributed by atoms with E-state index in [-0.39, 0.29) is 23.0 Å². The van der Waals surface area contributed by atoms with E-state index in [4.69, 9.17) is 0 Å². The number of nitrogens with zero attached hydrogens (tertiary/aromatic N) is 4. The van der Waals surface area contributed by atoms with Gasteiger partial charge in [0.25, 0.3) is 5.91 Å². The van der Waals surface area contributed by atoms with Crippen LogP contribution in [0.15, 0.2) is 36.8 Å². The quantitative estimate of drug-likeness (QED) is 0.854. The molecule has 1 fully saturated rings. The Balaban J connectivity index is 1.67. The van der Waals surface area contributed by atoms with Gasteiger partial charge in [0.15, 0.2) is 0 Å². The van der Waals surface area contributed by atoms with Crippen LogP contribution in [0.25, 0.3) is 0 Å². The van der Waals surface area contributed by atoms with E-state index in [0.717, 1.165) is 5.82 Å². The van der Waals surface area contributed by atoms with Crippen molar-refractivity contribution in [2.45, 2.75) is 0 Å². The first kappa shape index (κ1) is 14.1. The Morgan fingerprint density at radius 3 is 2.50 bits per heavy atom.